The molecule has 0 bridgehead atoms. The highest BCUT2D eigenvalue weighted by atomic mass is 127. The lowest BCUT2D eigenvalue weighted by Gasteiger charge is -2.13. The van der Waals surface area contributed by atoms with Crippen LogP contribution < -0.4 is 0 Å². The number of carbonyl (C=O) groups is 1. The number of halogens is 1. The largest absolute Gasteiger partial charge is 0.338 e. The van der Waals surface area contributed by atoms with Crippen LogP contribution in [0.4, 0.5) is 0 Å². The Balaban J connectivity index is 0.000000711. The van der Waals surface area contributed by atoms with Crippen LogP contribution in [0.5, 0.6) is 0 Å². The van der Waals surface area contributed by atoms with Crippen molar-refractivity contribution in [3.05, 3.63) is 21.9 Å². The normalized spacial score (nSPS) is 13.8. The summed E-state index contributed by atoms with van der Waals surface area (Å²) >= 11 is 1.59. The minimum absolute atomic E-state index is 0. The Bertz CT molecular complexity index is 319. The van der Waals surface area contributed by atoms with Crippen LogP contribution in [0.15, 0.2) is 12.1 Å². The molecular formula is C12H20INOS. The molecule has 1 aliphatic heterocycles. The van der Waals surface area contributed by atoms with Gasteiger partial charge in [-0.25, -0.2) is 0 Å². The van der Waals surface area contributed by atoms with Gasteiger partial charge in [0, 0.05) is 18.0 Å². The first-order chi connectivity index (χ1) is 7.27. The summed E-state index contributed by atoms with van der Waals surface area (Å²) in [6.45, 7) is 7.91. The molecule has 0 atom stereocenters. The van der Waals surface area contributed by atoms with Gasteiger partial charge in [0.1, 0.15) is 0 Å². The van der Waals surface area contributed by atoms with E-state index in [9.17, 15) is 4.79 Å². The van der Waals surface area contributed by atoms with E-state index in [-0.39, 0.29) is 29.9 Å². The molecule has 92 valence electrons. The van der Waals surface area contributed by atoms with Crippen molar-refractivity contribution in [3.8, 4) is 0 Å². The number of hydrogen-bond donors (Lipinski definition) is 0. The fourth-order valence-corrected chi connectivity index (χ4v) is 2.46. The second-order valence-electron chi connectivity index (χ2n) is 3.41. The van der Waals surface area contributed by atoms with Gasteiger partial charge >= 0.3 is 0 Å². The van der Waals surface area contributed by atoms with Gasteiger partial charge in [-0.15, -0.1) is 35.3 Å². The molecule has 0 aromatic carbocycles. The van der Waals surface area contributed by atoms with Crippen LogP contribution in [0, 0.1) is 6.92 Å². The van der Waals surface area contributed by atoms with Gasteiger partial charge < -0.3 is 4.90 Å². The number of amides is 1. The predicted molar refractivity (Wildman–Crippen MR) is 81.0 cm³/mol. The molecule has 0 spiro atoms. The van der Waals surface area contributed by atoms with E-state index in [1.165, 1.54) is 4.88 Å². The van der Waals surface area contributed by atoms with Crippen molar-refractivity contribution in [2.24, 2.45) is 0 Å². The SMILES string of the molecule is CC.Cc1ccc(C(=O)N2CCCC2)s1.I. The zero-order valence-corrected chi connectivity index (χ0v) is 13.3. The Kier molecular flexibility index (Phi) is 8.01. The molecule has 0 saturated carbocycles. The van der Waals surface area contributed by atoms with Crippen molar-refractivity contribution in [1.29, 1.82) is 0 Å². The molecule has 2 nitrogen and oxygen atoms in total. The molecule has 0 radical (unpaired) electrons. The number of aryl methyl sites for hydroxylation is 1. The maximum Gasteiger partial charge on any atom is 0.263 e. The van der Waals surface area contributed by atoms with Crippen LogP contribution in [0.25, 0.3) is 0 Å². The zero-order valence-electron chi connectivity index (χ0n) is 10.2. The molecule has 4 heteroatoms. The first-order valence-corrected chi connectivity index (χ1v) is 6.45. The van der Waals surface area contributed by atoms with Crippen LogP contribution in [-0.4, -0.2) is 23.9 Å². The van der Waals surface area contributed by atoms with Gasteiger partial charge in [0.05, 0.1) is 4.88 Å². The fraction of sp³-hybridized carbons (Fsp3) is 0.583. The highest BCUT2D eigenvalue weighted by molar-refractivity contribution is 14.0. The molecule has 0 aliphatic carbocycles. The van der Waals surface area contributed by atoms with E-state index in [1.54, 1.807) is 11.3 Å². The van der Waals surface area contributed by atoms with Gasteiger partial charge in [-0.2, -0.15) is 0 Å². The quantitative estimate of drug-likeness (QED) is 0.701. The second-order valence-corrected chi connectivity index (χ2v) is 4.70. The van der Waals surface area contributed by atoms with Crippen molar-refractivity contribution in [2.75, 3.05) is 13.1 Å². The van der Waals surface area contributed by atoms with Crippen LogP contribution in [-0.2, 0) is 0 Å². The minimum Gasteiger partial charge on any atom is -0.338 e. The summed E-state index contributed by atoms with van der Waals surface area (Å²) in [4.78, 5) is 15.8. The smallest absolute Gasteiger partial charge is 0.263 e. The van der Waals surface area contributed by atoms with E-state index in [1.807, 2.05) is 37.8 Å². The predicted octanol–water partition coefficient (Wildman–Crippen LogP) is 3.94. The van der Waals surface area contributed by atoms with Crippen molar-refractivity contribution in [2.45, 2.75) is 33.6 Å². The number of hydrogen-bond acceptors (Lipinski definition) is 2. The first-order valence-electron chi connectivity index (χ1n) is 5.63. The summed E-state index contributed by atoms with van der Waals surface area (Å²) in [5.74, 6) is 0.218. The highest BCUT2D eigenvalue weighted by Gasteiger charge is 2.20. The minimum atomic E-state index is 0. The Morgan fingerprint density at radius 2 is 1.81 bits per heavy atom. The molecule has 1 aliphatic rings. The van der Waals surface area contributed by atoms with Crippen LogP contribution in [0.1, 0.15) is 41.2 Å². The van der Waals surface area contributed by atoms with Crippen LogP contribution in [0.2, 0.25) is 0 Å². The summed E-state index contributed by atoms with van der Waals surface area (Å²) in [5.41, 5.74) is 0. The average Bonchev–Trinajstić information content (AvgIpc) is 2.90. The molecular weight excluding hydrogens is 333 g/mol. The van der Waals surface area contributed by atoms with E-state index in [2.05, 4.69) is 0 Å². The van der Waals surface area contributed by atoms with Gasteiger partial charge in [0.25, 0.3) is 5.91 Å². The summed E-state index contributed by atoms with van der Waals surface area (Å²) in [7, 11) is 0. The first kappa shape index (κ1) is 15.9. The molecule has 2 rings (SSSR count). The van der Waals surface area contributed by atoms with Crippen molar-refractivity contribution < 1.29 is 4.79 Å². The summed E-state index contributed by atoms with van der Waals surface area (Å²) < 4.78 is 0. The highest BCUT2D eigenvalue weighted by Crippen LogP contribution is 2.19. The molecule has 1 amide bonds. The van der Waals surface area contributed by atoms with Gasteiger partial charge in [-0.1, -0.05) is 13.8 Å². The third-order valence-electron chi connectivity index (χ3n) is 2.34. The molecule has 16 heavy (non-hydrogen) atoms. The molecule has 1 aromatic heterocycles. The average molecular weight is 353 g/mol. The lowest BCUT2D eigenvalue weighted by Crippen LogP contribution is -2.26. The van der Waals surface area contributed by atoms with E-state index in [0.717, 1.165) is 30.8 Å². The van der Waals surface area contributed by atoms with E-state index in [4.69, 9.17) is 0 Å². The maximum atomic E-state index is 11.8. The maximum absolute atomic E-state index is 11.8. The third kappa shape index (κ3) is 4.05. The van der Waals surface area contributed by atoms with Crippen molar-refractivity contribution in [3.63, 3.8) is 0 Å². The van der Waals surface area contributed by atoms with E-state index in [0.29, 0.717) is 0 Å². The Hall–Kier alpha value is -0.100. The van der Waals surface area contributed by atoms with Gasteiger partial charge in [-0.05, 0) is 31.9 Å². The van der Waals surface area contributed by atoms with Crippen molar-refractivity contribution >= 4 is 41.2 Å². The molecule has 0 unspecified atom stereocenters. The lowest BCUT2D eigenvalue weighted by molar-refractivity contribution is 0.0797. The molecule has 1 fully saturated rings. The fourth-order valence-electron chi connectivity index (χ4n) is 1.63. The number of carbonyl (C=O) groups excluding carboxylic acids is 1. The molecule has 2 heterocycles. The van der Waals surface area contributed by atoms with Gasteiger partial charge in [0.15, 0.2) is 0 Å². The Morgan fingerprint density at radius 3 is 2.25 bits per heavy atom. The molecule has 1 aromatic rings. The Labute approximate surface area is 119 Å². The van der Waals surface area contributed by atoms with E-state index < -0.39 is 0 Å². The molecule has 0 N–H and O–H groups in total. The summed E-state index contributed by atoms with van der Waals surface area (Å²) in [5, 5.41) is 0. The number of likely N-dealkylation sites (tertiary alicyclic amines) is 1. The van der Waals surface area contributed by atoms with Crippen molar-refractivity contribution in [1.82, 2.24) is 4.90 Å². The van der Waals surface area contributed by atoms with Gasteiger partial charge in [0.2, 0.25) is 0 Å². The summed E-state index contributed by atoms with van der Waals surface area (Å²) in [6, 6.07) is 3.94. The second kappa shape index (κ2) is 8.06. The van der Waals surface area contributed by atoms with Crippen LogP contribution >= 0.6 is 35.3 Å². The standard InChI is InChI=1S/C10H13NOS.C2H6.HI/c1-8-4-5-9(13-8)10(12)11-6-2-3-7-11;1-2;/h4-5H,2-3,6-7H2,1H3;1-2H3;1H. The zero-order chi connectivity index (χ0) is 11.3. The van der Waals surface area contributed by atoms with E-state index >= 15 is 0 Å². The lowest BCUT2D eigenvalue weighted by atomic mass is 10.4. The Morgan fingerprint density at radius 1 is 1.25 bits per heavy atom. The summed E-state index contributed by atoms with van der Waals surface area (Å²) in [6.07, 6.45) is 2.33. The third-order valence-corrected chi connectivity index (χ3v) is 3.33. The van der Waals surface area contributed by atoms with Crippen LogP contribution in [0.3, 0.4) is 0 Å². The topological polar surface area (TPSA) is 20.3 Å². The number of thiophene rings is 1. The number of rotatable bonds is 1. The molecule has 1 saturated heterocycles. The van der Waals surface area contributed by atoms with Gasteiger partial charge in [-0.3, -0.25) is 4.79 Å². The monoisotopic (exact) mass is 353 g/mol. The number of nitrogens with zero attached hydrogens (tertiary/aromatic N) is 1.